The predicted octanol–water partition coefficient (Wildman–Crippen LogP) is 5.13. The molecule has 4 rings (SSSR count). The first-order chi connectivity index (χ1) is 55.3. The Morgan fingerprint density at radius 1 is 0.471 bits per heavy atom. The summed E-state index contributed by atoms with van der Waals surface area (Å²) >= 11 is 0. The van der Waals surface area contributed by atoms with Crippen molar-refractivity contribution in [3.8, 4) is 0 Å². The number of rotatable bonds is 46. The van der Waals surface area contributed by atoms with Gasteiger partial charge in [-0.05, 0) is 171 Å². The Bertz CT molecular complexity index is 3540. The van der Waals surface area contributed by atoms with Crippen LogP contribution >= 0.6 is 0 Å². The molecule has 3 heterocycles. The van der Waals surface area contributed by atoms with E-state index in [2.05, 4.69) is 47.9 Å². The molecule has 12 unspecified atom stereocenters. The Morgan fingerprint density at radius 3 is 1.23 bits per heavy atom. The Morgan fingerprint density at radius 2 is 0.857 bits per heavy atom. The minimum absolute atomic E-state index is 0. The van der Waals surface area contributed by atoms with Crippen molar-refractivity contribution >= 4 is 101 Å². The Labute approximate surface area is 753 Å². The summed E-state index contributed by atoms with van der Waals surface area (Å²) in [5.74, 6) is -5.63. The zero-order valence-electron chi connectivity index (χ0n) is 73.0. The molecule has 3 aliphatic rings. The van der Waals surface area contributed by atoms with Crippen molar-refractivity contribution in [3.63, 3.8) is 0 Å². The second kappa shape index (κ2) is 60.0. The van der Waals surface area contributed by atoms with Crippen LogP contribution in [0.3, 0.4) is 0 Å². The molecule has 0 spiro atoms. The molecule has 1 aromatic carbocycles. The number of esters is 2. The van der Waals surface area contributed by atoms with E-state index >= 15 is 0 Å². The fraction of sp³-hybridized carbons (Fsp3) is 0.659. The summed E-state index contributed by atoms with van der Waals surface area (Å²) in [7, 11) is 4.51. The molecule has 0 bridgehead atoms. The Kier molecular flexibility index (Phi) is 56.1. The van der Waals surface area contributed by atoms with Crippen LogP contribution < -0.4 is 47.9 Å². The van der Waals surface area contributed by atoms with Gasteiger partial charge in [0.25, 0.3) is 0 Å². The van der Waals surface area contributed by atoms with Gasteiger partial charge in [0.05, 0.1) is 25.8 Å². The van der Waals surface area contributed by atoms with Gasteiger partial charge in [0.15, 0.2) is 17.3 Å². The molecule has 34 heteroatoms. The summed E-state index contributed by atoms with van der Waals surface area (Å²) in [6.07, 6.45) is 17.4. The number of likely N-dealkylation sites (N-methyl/N-ethyl adjacent to an activating group) is 2. The van der Waals surface area contributed by atoms with Crippen molar-refractivity contribution in [1.29, 1.82) is 0 Å². The Hall–Kier alpha value is -7.64. The summed E-state index contributed by atoms with van der Waals surface area (Å²) in [5.41, 5.74) is 0.762. The van der Waals surface area contributed by atoms with Crippen LogP contribution in [-0.4, -0.2) is 236 Å². The maximum Gasteiger partial charge on any atom is 0.408 e. The third kappa shape index (κ3) is 41.7. The number of nitrogens with zero attached hydrogens (tertiary/aromatic N) is 3. The van der Waals surface area contributed by atoms with Crippen LogP contribution in [0.1, 0.15) is 206 Å². The molecule has 660 valence electrons. The summed E-state index contributed by atoms with van der Waals surface area (Å²) in [4.78, 5) is 217. The number of hydrogen-bond acceptors (Lipinski definition) is 22. The SMILES string of the molecule is CCOC(=O)/C=C/CCC(NC(=O)OCc1ccccc1)C(=O)NC(C(=O)N1CCCC1C(=O)NC(CC(C)C)C(=O)OC)C(C)C.CNC(CC/C=C/C(C)=O)C(=O)NC(C(=O)N1CCCC1C(=O)NC([C-]=O)CC(C)C)C(C)C.CNC(CCC(=O)/C=C\C(C)=O)C(=O)NC(C(=O)N1CCCC1C(=O)NC([C-]=O)CC(C)C)C(C)C.[Y].[Y]. The van der Waals surface area contributed by atoms with Crippen LogP contribution in [-0.2, 0) is 163 Å². The maximum absolute atomic E-state index is 13.9. The zero-order valence-corrected chi connectivity index (χ0v) is 78.7. The molecule has 1 aromatic rings. The number of carbonyl (C=O) groups excluding carboxylic acids is 17. The average Bonchev–Trinajstić information content (AvgIpc) is 1.61. The molecular weight excluding hydrogens is 1690 g/mol. The van der Waals surface area contributed by atoms with E-state index in [1.54, 1.807) is 66.9 Å². The molecule has 3 saturated heterocycles. The fourth-order valence-corrected chi connectivity index (χ4v) is 13.3. The van der Waals surface area contributed by atoms with E-state index in [0.29, 0.717) is 90.3 Å². The number of allylic oxidation sites excluding steroid dienone is 5. The molecule has 119 heavy (non-hydrogen) atoms. The number of amides is 10. The molecule has 0 aromatic heterocycles. The fourth-order valence-electron chi connectivity index (χ4n) is 13.3. The molecule has 12 atom stereocenters. The number of hydrogen-bond donors (Lipinski definition) is 9. The van der Waals surface area contributed by atoms with Crippen molar-refractivity contribution in [2.24, 2.45) is 35.5 Å². The van der Waals surface area contributed by atoms with E-state index in [9.17, 15) is 81.5 Å². The first-order valence-electron chi connectivity index (χ1n) is 40.9. The number of alkyl carbamates (subject to hydrolysis) is 1. The van der Waals surface area contributed by atoms with Crippen LogP contribution in [0.15, 0.2) is 66.8 Å². The van der Waals surface area contributed by atoms with Gasteiger partial charge < -0.3 is 86.4 Å². The molecule has 10 amide bonds. The maximum atomic E-state index is 13.9. The number of carbonyl (C=O) groups is 15. The summed E-state index contributed by atoms with van der Waals surface area (Å²) in [5, 5.41) is 25.0. The van der Waals surface area contributed by atoms with E-state index in [1.165, 1.54) is 66.0 Å². The van der Waals surface area contributed by atoms with Gasteiger partial charge in [0.2, 0.25) is 53.2 Å². The molecule has 0 saturated carbocycles. The zero-order chi connectivity index (χ0) is 88.2. The molecule has 9 N–H and O–H groups in total. The van der Waals surface area contributed by atoms with Gasteiger partial charge in [0, 0.05) is 97.5 Å². The van der Waals surface area contributed by atoms with Crippen LogP contribution in [0.4, 0.5) is 4.79 Å². The standard InChI is InChI=1S/C34H50N4O9.C26H41N4O6.C25H41N4O5.2Y/c1-7-46-28(39)18-12-11-16-25(36-34(44)47-21-24-14-9-8-10-15-24)30(40)37-29(23(4)5)32(42)38-19-13-17-27(38)31(41)35-26(20-22(2)3)33(43)45-6;1-16(2)14-19(15-31)28-25(35)22-8-7-13-30(22)26(36)23(17(3)4)29-24(34)21(27-6)12-11-20(33)10-9-18(5)32;1-16(2)14-19(15-30)27-24(33)21-12-9-13-29(21)25(34)22(17(3)4)28-23(32)20(26-6)11-8-7-10-18(5)31;;/h8-10,12,14-15,18,22-23,25-27,29H,7,11,13,16-17,19-21H2,1-6H3,(H,35,41)(H,36,44)(H,37,40);9-10,16-17,19,21-23,27H,7-8,11-14H2,1-6H3,(H,28,35)(H,29,34);7,10,16-17,19-22,26H,8-9,11-14H2,1-6H3,(H,27,33)(H,28,32);;/q;2*-1;;/b18-12+;10-9-;10-7+;;. The number of likely N-dealkylation sites (tertiary alicyclic amines) is 3. The van der Waals surface area contributed by atoms with Gasteiger partial charge in [-0.1, -0.05) is 150 Å². The monoisotopic (exact) mass is 1820 g/mol. The molecule has 32 nitrogen and oxygen atoms in total. The van der Waals surface area contributed by atoms with E-state index in [0.717, 1.165) is 5.56 Å². The molecular formula is C85H132N12O20Y2-2. The number of methoxy groups -OCH3 is 1. The molecule has 3 aliphatic heterocycles. The smallest absolute Gasteiger partial charge is 0.408 e. The van der Waals surface area contributed by atoms with Crippen molar-refractivity contribution in [2.75, 3.05) is 47.4 Å². The van der Waals surface area contributed by atoms with Crippen LogP contribution in [0.5, 0.6) is 0 Å². The first kappa shape index (κ1) is 111. The third-order valence-corrected chi connectivity index (χ3v) is 19.5. The quantitative estimate of drug-likeness (QED) is 0.0177. The average molecular weight is 1820 g/mol. The molecule has 2 radical (unpaired) electrons. The second-order valence-electron chi connectivity index (χ2n) is 31.8. The van der Waals surface area contributed by atoms with Gasteiger partial charge >= 0.3 is 18.0 Å². The van der Waals surface area contributed by atoms with E-state index < -0.39 is 120 Å². The molecule has 0 aliphatic carbocycles. The van der Waals surface area contributed by atoms with Crippen LogP contribution in [0.25, 0.3) is 0 Å². The van der Waals surface area contributed by atoms with Gasteiger partial charge in [-0.15, -0.1) is 0 Å². The van der Waals surface area contributed by atoms with Gasteiger partial charge in [-0.25, -0.2) is 27.0 Å². The molecule has 3 fully saturated rings. The summed E-state index contributed by atoms with van der Waals surface area (Å²) in [6.45, 7) is 28.3. The van der Waals surface area contributed by atoms with Crippen molar-refractivity contribution in [1.82, 2.24) is 62.6 Å². The first-order valence-corrected chi connectivity index (χ1v) is 40.9. The second-order valence-corrected chi connectivity index (χ2v) is 31.8. The Balaban J connectivity index is 0.00000177. The van der Waals surface area contributed by atoms with Crippen molar-refractivity contribution in [3.05, 3.63) is 72.4 Å². The van der Waals surface area contributed by atoms with Crippen LogP contribution in [0, 0.1) is 35.5 Å². The number of nitrogens with one attached hydrogen (secondary N) is 9. The van der Waals surface area contributed by atoms with Gasteiger partial charge in [-0.3, -0.25) is 57.5 Å². The van der Waals surface area contributed by atoms with E-state index in [1.807, 2.05) is 86.2 Å². The van der Waals surface area contributed by atoms with Gasteiger partial charge in [-0.2, -0.15) is 0 Å². The largest absolute Gasteiger partial charge is 0.540 e. The predicted molar refractivity (Wildman–Crippen MR) is 439 cm³/mol. The third-order valence-electron chi connectivity index (χ3n) is 19.5. The van der Waals surface area contributed by atoms with E-state index in [-0.39, 0.29) is 181 Å². The number of ketones is 3. The summed E-state index contributed by atoms with van der Waals surface area (Å²) < 4.78 is 15.1. The van der Waals surface area contributed by atoms with Gasteiger partial charge in [0.1, 0.15) is 54.9 Å². The van der Waals surface area contributed by atoms with Crippen molar-refractivity contribution < 1.29 is 161 Å². The number of ether oxygens (including phenoxy) is 3. The van der Waals surface area contributed by atoms with Crippen molar-refractivity contribution in [2.45, 2.75) is 279 Å². The normalized spacial score (nSPS) is 17.3. The number of benzene rings is 1. The minimum Gasteiger partial charge on any atom is -0.540 e. The topological polar surface area (TPSA) is 436 Å². The minimum atomic E-state index is -1.10. The summed E-state index contributed by atoms with van der Waals surface area (Å²) in [6, 6.07) is -0.472. The van der Waals surface area contributed by atoms with E-state index in [4.69, 9.17) is 14.2 Å². The van der Waals surface area contributed by atoms with Crippen LogP contribution in [0.2, 0.25) is 0 Å².